The molecule has 0 N–H and O–H groups in total. The van der Waals surface area contributed by atoms with Gasteiger partial charge >= 0.3 is 7.82 Å². The van der Waals surface area contributed by atoms with Crippen LogP contribution in [0.2, 0.25) is 0 Å². The van der Waals surface area contributed by atoms with Gasteiger partial charge < -0.3 is 0 Å². The second-order valence-electron chi connectivity index (χ2n) is 2.37. The fourth-order valence-electron chi connectivity index (χ4n) is 0.965. The average molecular weight is 190 g/mol. The fraction of sp³-hybridized carbons (Fsp3) is 0.714. The molecule has 0 spiro atoms. The SMILES string of the molecule is C#CC1OP(=O)(OC)OC1CC. The summed E-state index contributed by atoms with van der Waals surface area (Å²) in [6.07, 6.45) is 4.93. The molecule has 0 saturated carbocycles. The maximum atomic E-state index is 11.4. The Morgan fingerprint density at radius 3 is 2.67 bits per heavy atom. The highest BCUT2D eigenvalue weighted by atomic mass is 31.2. The third-order valence-electron chi connectivity index (χ3n) is 1.64. The highest BCUT2D eigenvalue weighted by Gasteiger charge is 2.43. The van der Waals surface area contributed by atoms with E-state index in [9.17, 15) is 4.57 Å². The largest absolute Gasteiger partial charge is 0.476 e. The van der Waals surface area contributed by atoms with Gasteiger partial charge in [-0.2, -0.15) is 0 Å². The van der Waals surface area contributed by atoms with Gasteiger partial charge in [0, 0.05) is 7.11 Å². The van der Waals surface area contributed by atoms with E-state index >= 15 is 0 Å². The van der Waals surface area contributed by atoms with Crippen LogP contribution in [0.3, 0.4) is 0 Å². The number of rotatable bonds is 2. The molecule has 3 unspecified atom stereocenters. The Morgan fingerprint density at radius 1 is 1.67 bits per heavy atom. The van der Waals surface area contributed by atoms with Crippen molar-refractivity contribution in [3.8, 4) is 12.3 Å². The van der Waals surface area contributed by atoms with Crippen LogP contribution in [-0.4, -0.2) is 19.3 Å². The van der Waals surface area contributed by atoms with Crippen molar-refractivity contribution in [2.75, 3.05) is 7.11 Å². The van der Waals surface area contributed by atoms with E-state index in [1.807, 2.05) is 6.92 Å². The van der Waals surface area contributed by atoms with E-state index in [4.69, 9.17) is 15.5 Å². The molecule has 0 amide bonds. The molecule has 1 aliphatic heterocycles. The normalized spacial score (nSPS) is 41.1. The zero-order chi connectivity index (χ0) is 9.19. The first-order chi connectivity index (χ1) is 5.65. The summed E-state index contributed by atoms with van der Waals surface area (Å²) < 4.78 is 25.9. The molecule has 4 nitrogen and oxygen atoms in total. The molecule has 0 bridgehead atoms. The average Bonchev–Trinajstić information content (AvgIpc) is 2.43. The summed E-state index contributed by atoms with van der Waals surface area (Å²) in [4.78, 5) is 0. The molecule has 68 valence electrons. The first-order valence-electron chi connectivity index (χ1n) is 3.64. The molecule has 5 heteroatoms. The van der Waals surface area contributed by atoms with Crippen molar-refractivity contribution >= 4 is 7.82 Å². The molecule has 0 aromatic carbocycles. The van der Waals surface area contributed by atoms with Crippen LogP contribution in [0.4, 0.5) is 0 Å². The number of hydrogen-bond donors (Lipinski definition) is 0. The first-order valence-corrected chi connectivity index (χ1v) is 5.10. The summed E-state index contributed by atoms with van der Waals surface area (Å²) in [5.41, 5.74) is 0. The molecule has 1 saturated heterocycles. The second-order valence-corrected chi connectivity index (χ2v) is 4.06. The summed E-state index contributed by atoms with van der Waals surface area (Å²) in [6.45, 7) is 1.88. The van der Waals surface area contributed by atoms with Gasteiger partial charge in [0.1, 0.15) is 6.10 Å². The third kappa shape index (κ3) is 1.70. The molecule has 12 heavy (non-hydrogen) atoms. The number of hydrogen-bond acceptors (Lipinski definition) is 4. The molecule has 0 radical (unpaired) electrons. The molecular weight excluding hydrogens is 179 g/mol. The van der Waals surface area contributed by atoms with E-state index in [-0.39, 0.29) is 6.10 Å². The molecule has 3 atom stereocenters. The predicted octanol–water partition coefficient (Wildman–Crippen LogP) is 1.57. The van der Waals surface area contributed by atoms with Gasteiger partial charge in [0.15, 0.2) is 6.10 Å². The molecule has 1 rings (SSSR count). The van der Waals surface area contributed by atoms with Gasteiger partial charge in [-0.25, -0.2) is 4.57 Å². The quantitative estimate of drug-likeness (QED) is 0.489. The van der Waals surface area contributed by atoms with E-state index in [0.29, 0.717) is 6.42 Å². The zero-order valence-electron chi connectivity index (χ0n) is 7.02. The molecular formula is C7H11O4P. The van der Waals surface area contributed by atoms with Gasteiger partial charge in [-0.05, 0) is 6.42 Å². The van der Waals surface area contributed by atoms with Gasteiger partial charge in [0.25, 0.3) is 0 Å². The summed E-state index contributed by atoms with van der Waals surface area (Å²) >= 11 is 0. The predicted molar refractivity (Wildman–Crippen MR) is 43.5 cm³/mol. The smallest absolute Gasteiger partial charge is 0.290 e. The summed E-state index contributed by atoms with van der Waals surface area (Å²) in [5, 5.41) is 0. The Bertz CT molecular complexity index is 244. The summed E-state index contributed by atoms with van der Waals surface area (Å²) in [6, 6.07) is 0. The molecule has 0 aromatic heterocycles. The van der Waals surface area contributed by atoms with Crippen molar-refractivity contribution in [2.45, 2.75) is 25.6 Å². The van der Waals surface area contributed by atoms with E-state index in [1.54, 1.807) is 0 Å². The summed E-state index contributed by atoms with van der Waals surface area (Å²) in [7, 11) is -2.07. The van der Waals surface area contributed by atoms with E-state index in [1.165, 1.54) is 7.11 Å². The van der Waals surface area contributed by atoms with Crippen molar-refractivity contribution in [1.29, 1.82) is 0 Å². The van der Waals surface area contributed by atoms with E-state index < -0.39 is 13.9 Å². The van der Waals surface area contributed by atoms with Gasteiger partial charge in [-0.15, -0.1) is 6.42 Å². The standard InChI is InChI=1S/C7H11O4P/c1-4-6-7(5-2)11-12(8,9-3)10-6/h1,6-7H,5H2,2-3H3. The van der Waals surface area contributed by atoms with Crippen molar-refractivity contribution in [2.24, 2.45) is 0 Å². The molecule has 0 aliphatic carbocycles. The Morgan fingerprint density at radius 2 is 2.33 bits per heavy atom. The number of terminal acetylenes is 1. The van der Waals surface area contributed by atoms with Crippen LogP contribution < -0.4 is 0 Å². The van der Waals surface area contributed by atoms with Crippen LogP contribution in [0, 0.1) is 12.3 Å². The third-order valence-corrected chi connectivity index (χ3v) is 3.10. The molecule has 0 aromatic rings. The maximum Gasteiger partial charge on any atom is 0.476 e. The van der Waals surface area contributed by atoms with Crippen molar-refractivity contribution in [3.63, 3.8) is 0 Å². The van der Waals surface area contributed by atoms with Gasteiger partial charge in [0.05, 0.1) is 0 Å². The lowest BCUT2D eigenvalue weighted by molar-refractivity contribution is 0.185. The van der Waals surface area contributed by atoms with Crippen LogP contribution in [-0.2, 0) is 18.1 Å². The van der Waals surface area contributed by atoms with Gasteiger partial charge in [-0.3, -0.25) is 13.6 Å². The number of phosphoric ester groups is 1. The minimum Gasteiger partial charge on any atom is -0.290 e. The molecule has 1 aliphatic rings. The summed E-state index contributed by atoms with van der Waals surface area (Å²) in [5.74, 6) is 2.35. The minimum absolute atomic E-state index is 0.319. The fourth-order valence-corrected chi connectivity index (χ4v) is 2.25. The Labute approximate surface area is 71.8 Å². The van der Waals surface area contributed by atoms with Crippen molar-refractivity contribution in [1.82, 2.24) is 0 Å². The van der Waals surface area contributed by atoms with Crippen molar-refractivity contribution in [3.05, 3.63) is 0 Å². The van der Waals surface area contributed by atoms with Crippen LogP contribution >= 0.6 is 7.82 Å². The topological polar surface area (TPSA) is 44.8 Å². The Balaban J connectivity index is 2.73. The lowest BCUT2D eigenvalue weighted by Crippen LogP contribution is -2.19. The van der Waals surface area contributed by atoms with E-state index in [2.05, 4.69) is 10.4 Å². The van der Waals surface area contributed by atoms with Crippen LogP contribution in [0.25, 0.3) is 0 Å². The lowest BCUT2D eigenvalue weighted by atomic mass is 10.2. The monoisotopic (exact) mass is 190 g/mol. The Hall–Kier alpha value is -0.330. The molecule has 1 heterocycles. The van der Waals surface area contributed by atoms with Gasteiger partial charge in [0.2, 0.25) is 0 Å². The highest BCUT2D eigenvalue weighted by Crippen LogP contribution is 2.57. The Kier molecular flexibility index (Phi) is 2.92. The van der Waals surface area contributed by atoms with Crippen LogP contribution in [0.1, 0.15) is 13.3 Å². The van der Waals surface area contributed by atoms with Crippen LogP contribution in [0.15, 0.2) is 0 Å². The maximum absolute atomic E-state index is 11.4. The minimum atomic E-state index is -3.34. The lowest BCUT2D eigenvalue weighted by Gasteiger charge is -2.06. The van der Waals surface area contributed by atoms with Gasteiger partial charge in [-0.1, -0.05) is 12.8 Å². The first kappa shape index (κ1) is 9.76. The van der Waals surface area contributed by atoms with E-state index in [0.717, 1.165) is 0 Å². The second kappa shape index (κ2) is 3.59. The molecule has 1 fully saturated rings. The highest BCUT2D eigenvalue weighted by molar-refractivity contribution is 7.48. The van der Waals surface area contributed by atoms with Crippen molar-refractivity contribution < 1.29 is 18.1 Å². The zero-order valence-corrected chi connectivity index (χ0v) is 7.91. The number of phosphoric acid groups is 1. The van der Waals surface area contributed by atoms with Crippen LogP contribution in [0.5, 0.6) is 0 Å².